The largest absolute Gasteiger partial charge is 0.489 e. The summed E-state index contributed by atoms with van der Waals surface area (Å²) in [6.45, 7) is 0.456. The van der Waals surface area contributed by atoms with Crippen molar-refractivity contribution in [3.8, 4) is 5.75 Å². The fourth-order valence-electron chi connectivity index (χ4n) is 2.74. The molecule has 0 saturated heterocycles. The van der Waals surface area contributed by atoms with Crippen molar-refractivity contribution in [2.45, 2.75) is 6.61 Å². The predicted molar refractivity (Wildman–Crippen MR) is 131 cm³/mol. The zero-order chi connectivity index (χ0) is 21.8. The van der Waals surface area contributed by atoms with Gasteiger partial charge in [0, 0.05) is 5.56 Å². The van der Waals surface area contributed by atoms with Crippen LogP contribution in [0, 0.1) is 0 Å². The Morgan fingerprint density at radius 1 is 1.03 bits per heavy atom. The van der Waals surface area contributed by atoms with E-state index in [2.05, 4.69) is 15.6 Å². The van der Waals surface area contributed by atoms with Gasteiger partial charge in [0.05, 0.1) is 14.7 Å². The van der Waals surface area contributed by atoms with Crippen molar-refractivity contribution in [1.82, 2.24) is 10.3 Å². The van der Waals surface area contributed by atoms with Crippen LogP contribution in [0.25, 0.3) is 10.2 Å². The van der Waals surface area contributed by atoms with Gasteiger partial charge in [0.1, 0.15) is 17.9 Å². The number of hydrogen-bond donors (Lipinski definition) is 2. The molecule has 1 heterocycles. The van der Waals surface area contributed by atoms with Gasteiger partial charge >= 0.3 is 0 Å². The highest BCUT2D eigenvalue weighted by Crippen LogP contribution is 2.35. The molecule has 0 spiro atoms. The van der Waals surface area contributed by atoms with Crippen LogP contribution in [0.4, 0.5) is 5.13 Å². The Balaban J connectivity index is 1.34. The molecule has 156 valence electrons. The zero-order valence-electron chi connectivity index (χ0n) is 15.9. The smallest absolute Gasteiger partial charge is 0.257 e. The van der Waals surface area contributed by atoms with E-state index in [1.165, 1.54) is 11.3 Å². The second-order valence-electron chi connectivity index (χ2n) is 6.43. The lowest BCUT2D eigenvalue weighted by molar-refractivity contribution is 0.0977. The van der Waals surface area contributed by atoms with E-state index in [1.54, 1.807) is 30.3 Å². The highest BCUT2D eigenvalue weighted by molar-refractivity contribution is 7.80. The number of rotatable bonds is 5. The number of nitrogens with zero attached hydrogens (tertiary/aromatic N) is 1. The van der Waals surface area contributed by atoms with E-state index >= 15 is 0 Å². The van der Waals surface area contributed by atoms with Gasteiger partial charge in [-0.25, -0.2) is 4.98 Å². The van der Waals surface area contributed by atoms with E-state index in [0.717, 1.165) is 10.3 Å². The summed E-state index contributed by atoms with van der Waals surface area (Å²) in [6.07, 6.45) is 0. The summed E-state index contributed by atoms with van der Waals surface area (Å²) >= 11 is 18.8. The first kappa shape index (κ1) is 21.5. The Labute approximate surface area is 198 Å². The molecule has 5 nitrogen and oxygen atoms in total. The van der Waals surface area contributed by atoms with Crippen LogP contribution in [0.15, 0.2) is 66.7 Å². The molecule has 9 heteroatoms. The molecular formula is C22H15Cl2N3O2S2. The van der Waals surface area contributed by atoms with Gasteiger partial charge in [0.15, 0.2) is 10.2 Å². The average molecular weight is 488 g/mol. The molecule has 0 aliphatic carbocycles. The molecule has 0 radical (unpaired) electrons. The quantitative estimate of drug-likeness (QED) is 0.323. The number of hydrogen-bond acceptors (Lipinski definition) is 5. The lowest BCUT2D eigenvalue weighted by Gasteiger charge is -2.09. The van der Waals surface area contributed by atoms with Gasteiger partial charge < -0.3 is 10.1 Å². The number of carbonyl (C=O) groups is 1. The lowest BCUT2D eigenvalue weighted by Crippen LogP contribution is -2.34. The van der Waals surface area contributed by atoms with Crippen molar-refractivity contribution in [2.24, 2.45) is 0 Å². The zero-order valence-corrected chi connectivity index (χ0v) is 19.0. The van der Waals surface area contributed by atoms with E-state index in [1.807, 2.05) is 36.4 Å². The number of aromatic nitrogens is 1. The summed E-state index contributed by atoms with van der Waals surface area (Å²) < 4.78 is 6.60. The predicted octanol–water partition coefficient (Wildman–Crippen LogP) is 6.31. The molecule has 0 aliphatic heterocycles. The molecule has 2 N–H and O–H groups in total. The number of ether oxygens (including phenoxy) is 1. The first-order chi connectivity index (χ1) is 15.0. The maximum atomic E-state index is 12.5. The van der Waals surface area contributed by atoms with Gasteiger partial charge in [-0.2, -0.15) is 0 Å². The van der Waals surface area contributed by atoms with E-state index < -0.39 is 0 Å². The Hall–Kier alpha value is -2.71. The van der Waals surface area contributed by atoms with Crippen LogP contribution in [0.5, 0.6) is 5.75 Å². The SMILES string of the molecule is O=C(NC(=S)Nc1nc2c(Cl)c(Cl)ccc2s1)c1ccc(OCc2ccccc2)cc1. The summed E-state index contributed by atoms with van der Waals surface area (Å²) in [5.41, 5.74) is 2.11. The van der Waals surface area contributed by atoms with Crippen molar-refractivity contribution in [3.05, 3.63) is 87.9 Å². The van der Waals surface area contributed by atoms with Gasteiger partial charge in [0.2, 0.25) is 0 Å². The molecule has 0 aliphatic rings. The second kappa shape index (κ2) is 9.62. The van der Waals surface area contributed by atoms with Crippen molar-refractivity contribution < 1.29 is 9.53 Å². The van der Waals surface area contributed by atoms with Crippen molar-refractivity contribution in [2.75, 3.05) is 5.32 Å². The first-order valence-electron chi connectivity index (χ1n) is 9.13. The van der Waals surface area contributed by atoms with Crippen LogP contribution < -0.4 is 15.4 Å². The van der Waals surface area contributed by atoms with Crippen molar-refractivity contribution in [3.63, 3.8) is 0 Å². The monoisotopic (exact) mass is 487 g/mol. The summed E-state index contributed by atoms with van der Waals surface area (Å²) in [5.74, 6) is 0.334. The Morgan fingerprint density at radius 3 is 2.52 bits per heavy atom. The second-order valence-corrected chi connectivity index (χ2v) is 8.66. The molecule has 0 unspecified atom stereocenters. The highest BCUT2D eigenvalue weighted by atomic mass is 35.5. The van der Waals surface area contributed by atoms with Crippen LogP contribution in [0.3, 0.4) is 0 Å². The third-order valence-corrected chi connectivity index (χ3v) is 6.20. The normalized spacial score (nSPS) is 10.6. The number of carbonyl (C=O) groups excluding carboxylic acids is 1. The molecule has 31 heavy (non-hydrogen) atoms. The molecule has 0 atom stereocenters. The van der Waals surface area contributed by atoms with E-state index in [-0.39, 0.29) is 11.0 Å². The van der Waals surface area contributed by atoms with Gasteiger partial charge in [-0.1, -0.05) is 64.9 Å². The number of thiocarbonyl (C=S) groups is 1. The van der Waals surface area contributed by atoms with E-state index in [9.17, 15) is 4.79 Å². The number of thiazole rings is 1. The molecule has 0 saturated carbocycles. The fourth-order valence-corrected chi connectivity index (χ4v) is 4.29. The third-order valence-electron chi connectivity index (χ3n) is 4.26. The van der Waals surface area contributed by atoms with Crippen LogP contribution in [-0.4, -0.2) is 16.0 Å². The standard InChI is InChI=1S/C22H15Cl2N3O2S2/c23-16-10-11-17-19(18(16)24)25-22(31-17)27-21(30)26-20(28)14-6-8-15(9-7-14)29-12-13-4-2-1-3-5-13/h1-11H,12H2,(H2,25,26,27,28,30). The topological polar surface area (TPSA) is 63.2 Å². The summed E-state index contributed by atoms with van der Waals surface area (Å²) in [6, 6.07) is 20.2. The maximum absolute atomic E-state index is 12.5. The molecular weight excluding hydrogens is 473 g/mol. The van der Waals surface area contributed by atoms with Gasteiger partial charge in [-0.15, -0.1) is 0 Å². The van der Waals surface area contributed by atoms with Crippen molar-refractivity contribution >= 4 is 73.1 Å². The van der Waals surface area contributed by atoms with Crippen LogP contribution in [-0.2, 0) is 6.61 Å². The van der Waals surface area contributed by atoms with Gasteiger partial charge in [0.25, 0.3) is 5.91 Å². The molecule has 0 fully saturated rings. The fraction of sp³-hybridized carbons (Fsp3) is 0.0455. The van der Waals surface area contributed by atoms with Gasteiger partial charge in [-0.3, -0.25) is 10.1 Å². The van der Waals surface area contributed by atoms with E-state index in [0.29, 0.717) is 38.6 Å². The number of anilines is 1. The minimum absolute atomic E-state index is 0.135. The maximum Gasteiger partial charge on any atom is 0.257 e. The Morgan fingerprint density at radius 2 is 1.77 bits per heavy atom. The minimum atomic E-state index is -0.339. The minimum Gasteiger partial charge on any atom is -0.489 e. The van der Waals surface area contributed by atoms with Gasteiger partial charge in [-0.05, 0) is 54.2 Å². The number of benzene rings is 3. The number of halogens is 2. The van der Waals surface area contributed by atoms with Crippen LogP contribution in [0.1, 0.15) is 15.9 Å². The molecule has 0 bridgehead atoms. The number of fused-ring (bicyclic) bond motifs is 1. The van der Waals surface area contributed by atoms with Crippen LogP contribution >= 0.6 is 46.8 Å². The average Bonchev–Trinajstić information content (AvgIpc) is 3.19. The van der Waals surface area contributed by atoms with Crippen LogP contribution in [0.2, 0.25) is 10.0 Å². The summed E-state index contributed by atoms with van der Waals surface area (Å²) in [5, 5.41) is 7.00. The molecule has 4 rings (SSSR count). The van der Waals surface area contributed by atoms with E-state index in [4.69, 9.17) is 40.2 Å². The summed E-state index contributed by atoms with van der Waals surface area (Å²) in [4.78, 5) is 16.9. The third kappa shape index (κ3) is 5.32. The molecule has 3 aromatic carbocycles. The summed E-state index contributed by atoms with van der Waals surface area (Å²) in [7, 11) is 0. The Kier molecular flexibility index (Phi) is 6.67. The lowest BCUT2D eigenvalue weighted by atomic mass is 10.2. The molecule has 1 amide bonds. The highest BCUT2D eigenvalue weighted by Gasteiger charge is 2.13. The number of nitrogens with one attached hydrogen (secondary N) is 2. The molecule has 4 aromatic rings. The number of amides is 1. The first-order valence-corrected chi connectivity index (χ1v) is 11.1. The molecule has 1 aromatic heterocycles. The van der Waals surface area contributed by atoms with Crippen molar-refractivity contribution in [1.29, 1.82) is 0 Å². The Bertz CT molecular complexity index is 1250.